The maximum Gasteiger partial charge on any atom is 0.338 e. The molecule has 0 saturated carbocycles. The maximum absolute atomic E-state index is 11.6. The minimum Gasteiger partial charge on any atom is -0.491 e. The molecule has 0 saturated heterocycles. The summed E-state index contributed by atoms with van der Waals surface area (Å²) in [4.78, 5) is 11.6. The number of carbonyl (C=O) groups is 1. The molecule has 0 atom stereocenters. The lowest BCUT2D eigenvalue weighted by Crippen LogP contribution is -2.06. The van der Waals surface area contributed by atoms with Crippen LogP contribution >= 0.6 is 0 Å². The van der Waals surface area contributed by atoms with Gasteiger partial charge in [0, 0.05) is 12.2 Å². The van der Waals surface area contributed by atoms with Crippen molar-refractivity contribution in [2.75, 3.05) is 11.9 Å². The van der Waals surface area contributed by atoms with Gasteiger partial charge in [-0.2, -0.15) is 0 Å². The van der Waals surface area contributed by atoms with Crippen LogP contribution in [0.15, 0.2) is 48.5 Å². The van der Waals surface area contributed by atoms with E-state index in [0.29, 0.717) is 18.7 Å². The van der Waals surface area contributed by atoms with Crippen LogP contribution in [0.25, 0.3) is 0 Å². The van der Waals surface area contributed by atoms with Gasteiger partial charge in [0.25, 0.3) is 0 Å². The Bertz CT molecular complexity index is 618. The molecule has 0 amide bonds. The van der Waals surface area contributed by atoms with Crippen molar-refractivity contribution < 1.29 is 14.3 Å². The van der Waals surface area contributed by atoms with Crippen molar-refractivity contribution in [1.29, 1.82) is 0 Å². The highest BCUT2D eigenvalue weighted by Crippen LogP contribution is 2.16. The van der Waals surface area contributed by atoms with E-state index in [-0.39, 0.29) is 12.1 Å². The second-order valence-electron chi connectivity index (χ2n) is 5.46. The van der Waals surface area contributed by atoms with Crippen molar-refractivity contribution >= 4 is 11.7 Å². The largest absolute Gasteiger partial charge is 0.491 e. The van der Waals surface area contributed by atoms with Crippen LogP contribution in [-0.2, 0) is 11.3 Å². The van der Waals surface area contributed by atoms with Gasteiger partial charge in [0.15, 0.2) is 0 Å². The van der Waals surface area contributed by atoms with E-state index >= 15 is 0 Å². The lowest BCUT2D eigenvalue weighted by molar-refractivity contribution is 0.0526. The van der Waals surface area contributed by atoms with E-state index in [0.717, 1.165) is 17.0 Å². The second-order valence-corrected chi connectivity index (χ2v) is 5.46. The Kier molecular flexibility index (Phi) is 6.03. The molecule has 1 N–H and O–H groups in total. The standard InChI is InChI=1S/C19H23NO3/c1-4-22-19(21)16-7-9-17(10-8-16)20-13-15-5-11-18(12-6-15)23-14(2)3/h5-12,14,20H,4,13H2,1-3H3. The topological polar surface area (TPSA) is 47.6 Å². The zero-order valence-corrected chi connectivity index (χ0v) is 13.8. The maximum atomic E-state index is 11.6. The van der Waals surface area contributed by atoms with Crippen molar-refractivity contribution in [3.63, 3.8) is 0 Å². The van der Waals surface area contributed by atoms with E-state index in [1.165, 1.54) is 0 Å². The van der Waals surface area contributed by atoms with Crippen LogP contribution in [0.2, 0.25) is 0 Å². The predicted octanol–water partition coefficient (Wildman–Crippen LogP) is 4.26. The van der Waals surface area contributed by atoms with E-state index in [9.17, 15) is 4.79 Å². The number of hydrogen-bond acceptors (Lipinski definition) is 4. The molecular weight excluding hydrogens is 290 g/mol. The molecule has 0 aliphatic heterocycles. The number of carbonyl (C=O) groups excluding carboxylic acids is 1. The van der Waals surface area contributed by atoms with Crippen molar-refractivity contribution in [2.24, 2.45) is 0 Å². The van der Waals surface area contributed by atoms with Crippen LogP contribution in [0.1, 0.15) is 36.7 Å². The summed E-state index contributed by atoms with van der Waals surface area (Å²) in [7, 11) is 0. The molecule has 4 heteroatoms. The highest BCUT2D eigenvalue weighted by molar-refractivity contribution is 5.89. The third-order valence-corrected chi connectivity index (χ3v) is 3.19. The first-order valence-electron chi connectivity index (χ1n) is 7.85. The Morgan fingerprint density at radius 2 is 1.70 bits per heavy atom. The van der Waals surface area contributed by atoms with Crippen LogP contribution in [0.5, 0.6) is 5.75 Å². The molecule has 0 fully saturated rings. The van der Waals surface area contributed by atoms with Gasteiger partial charge in [-0.15, -0.1) is 0 Å². The molecule has 0 bridgehead atoms. The Labute approximate surface area is 137 Å². The molecule has 0 unspecified atom stereocenters. The van der Waals surface area contributed by atoms with E-state index in [1.54, 1.807) is 19.1 Å². The molecule has 0 radical (unpaired) electrons. The lowest BCUT2D eigenvalue weighted by Gasteiger charge is -2.11. The van der Waals surface area contributed by atoms with Crippen molar-refractivity contribution in [2.45, 2.75) is 33.4 Å². The average Bonchev–Trinajstić information content (AvgIpc) is 2.54. The Hall–Kier alpha value is -2.49. The molecule has 122 valence electrons. The first-order chi connectivity index (χ1) is 11.1. The third kappa shape index (κ3) is 5.33. The summed E-state index contributed by atoms with van der Waals surface area (Å²) in [6.45, 7) is 6.91. The van der Waals surface area contributed by atoms with Crippen LogP contribution in [0.4, 0.5) is 5.69 Å². The normalized spacial score (nSPS) is 10.4. The van der Waals surface area contributed by atoms with Gasteiger partial charge in [-0.1, -0.05) is 12.1 Å². The van der Waals surface area contributed by atoms with Crippen molar-refractivity contribution in [1.82, 2.24) is 0 Å². The number of nitrogens with one attached hydrogen (secondary N) is 1. The summed E-state index contributed by atoms with van der Waals surface area (Å²) in [5.41, 5.74) is 2.68. The van der Waals surface area contributed by atoms with Gasteiger partial charge < -0.3 is 14.8 Å². The van der Waals surface area contributed by atoms with Crippen molar-refractivity contribution in [3.8, 4) is 5.75 Å². The monoisotopic (exact) mass is 313 g/mol. The fraction of sp³-hybridized carbons (Fsp3) is 0.316. The van der Waals surface area contributed by atoms with E-state index < -0.39 is 0 Å². The first-order valence-corrected chi connectivity index (χ1v) is 7.85. The van der Waals surface area contributed by atoms with Gasteiger partial charge in [-0.3, -0.25) is 0 Å². The van der Waals surface area contributed by atoms with Gasteiger partial charge in [0.1, 0.15) is 5.75 Å². The van der Waals surface area contributed by atoms with Crippen molar-refractivity contribution in [3.05, 3.63) is 59.7 Å². The molecule has 2 rings (SSSR count). The molecule has 0 aliphatic rings. The molecule has 0 heterocycles. The summed E-state index contributed by atoms with van der Waals surface area (Å²) in [5.74, 6) is 0.585. The molecule has 0 spiro atoms. The highest BCUT2D eigenvalue weighted by Gasteiger charge is 2.05. The smallest absolute Gasteiger partial charge is 0.338 e. The highest BCUT2D eigenvalue weighted by atomic mass is 16.5. The van der Waals surface area contributed by atoms with E-state index in [1.807, 2.05) is 50.2 Å². The zero-order chi connectivity index (χ0) is 16.7. The van der Waals surface area contributed by atoms with Gasteiger partial charge in [0.05, 0.1) is 18.3 Å². The molecular formula is C19H23NO3. The van der Waals surface area contributed by atoms with Gasteiger partial charge in [-0.05, 0) is 62.7 Å². The quantitative estimate of drug-likeness (QED) is 0.776. The second kappa shape index (κ2) is 8.22. The minimum absolute atomic E-state index is 0.178. The Morgan fingerprint density at radius 3 is 2.26 bits per heavy atom. The fourth-order valence-corrected chi connectivity index (χ4v) is 2.10. The first kappa shape index (κ1) is 16.9. The molecule has 0 aliphatic carbocycles. The predicted molar refractivity (Wildman–Crippen MR) is 91.9 cm³/mol. The number of anilines is 1. The van der Waals surface area contributed by atoms with Crippen LogP contribution in [-0.4, -0.2) is 18.7 Å². The molecule has 2 aromatic carbocycles. The number of hydrogen-bond donors (Lipinski definition) is 1. The summed E-state index contributed by atoms with van der Waals surface area (Å²) >= 11 is 0. The third-order valence-electron chi connectivity index (χ3n) is 3.19. The molecule has 0 aromatic heterocycles. The number of esters is 1. The number of ether oxygens (including phenoxy) is 2. The summed E-state index contributed by atoms with van der Waals surface area (Å²) in [5, 5.41) is 3.33. The van der Waals surface area contributed by atoms with Gasteiger partial charge in [-0.25, -0.2) is 4.79 Å². The Balaban J connectivity index is 1.89. The number of rotatable bonds is 7. The van der Waals surface area contributed by atoms with Crippen LogP contribution in [0, 0.1) is 0 Å². The summed E-state index contributed by atoms with van der Waals surface area (Å²) in [6, 6.07) is 15.3. The minimum atomic E-state index is -0.292. The summed E-state index contributed by atoms with van der Waals surface area (Å²) in [6.07, 6.45) is 0.178. The Morgan fingerprint density at radius 1 is 1.04 bits per heavy atom. The molecule has 4 nitrogen and oxygen atoms in total. The van der Waals surface area contributed by atoms with E-state index in [2.05, 4.69) is 5.32 Å². The van der Waals surface area contributed by atoms with Gasteiger partial charge in [0.2, 0.25) is 0 Å². The molecule has 2 aromatic rings. The zero-order valence-electron chi connectivity index (χ0n) is 13.8. The molecule has 23 heavy (non-hydrogen) atoms. The lowest BCUT2D eigenvalue weighted by atomic mass is 10.2. The van der Waals surface area contributed by atoms with Crippen LogP contribution in [0.3, 0.4) is 0 Å². The van der Waals surface area contributed by atoms with E-state index in [4.69, 9.17) is 9.47 Å². The summed E-state index contributed by atoms with van der Waals surface area (Å²) < 4.78 is 10.6. The van der Waals surface area contributed by atoms with Gasteiger partial charge >= 0.3 is 5.97 Å². The SMILES string of the molecule is CCOC(=O)c1ccc(NCc2ccc(OC(C)C)cc2)cc1. The van der Waals surface area contributed by atoms with Crippen LogP contribution < -0.4 is 10.1 Å². The average molecular weight is 313 g/mol. The fourth-order valence-electron chi connectivity index (χ4n) is 2.10. The number of benzene rings is 2.